The first kappa shape index (κ1) is 14.1. The highest BCUT2D eigenvalue weighted by Crippen LogP contribution is 2.35. The van der Waals surface area contributed by atoms with Crippen molar-refractivity contribution < 1.29 is 4.79 Å². The Morgan fingerprint density at radius 3 is 2.90 bits per heavy atom. The highest BCUT2D eigenvalue weighted by molar-refractivity contribution is 7.10. The van der Waals surface area contributed by atoms with Gasteiger partial charge >= 0.3 is 6.03 Å². The van der Waals surface area contributed by atoms with E-state index in [-0.39, 0.29) is 12.1 Å². The van der Waals surface area contributed by atoms with Crippen molar-refractivity contribution in [1.29, 1.82) is 0 Å². The third-order valence-corrected chi connectivity index (χ3v) is 5.21. The zero-order chi connectivity index (χ0) is 14.8. The summed E-state index contributed by atoms with van der Waals surface area (Å²) >= 11 is 1.73. The Morgan fingerprint density at radius 1 is 1.29 bits per heavy atom. The summed E-state index contributed by atoms with van der Waals surface area (Å²) in [6.45, 7) is 4.94. The molecule has 3 nitrogen and oxygen atoms in total. The van der Waals surface area contributed by atoms with E-state index in [0.29, 0.717) is 0 Å². The van der Waals surface area contributed by atoms with Crippen LogP contribution in [0.15, 0.2) is 35.7 Å². The molecule has 1 aromatic carbocycles. The van der Waals surface area contributed by atoms with Gasteiger partial charge in [-0.15, -0.1) is 11.3 Å². The van der Waals surface area contributed by atoms with E-state index in [2.05, 4.69) is 35.8 Å². The molecule has 0 bridgehead atoms. The summed E-state index contributed by atoms with van der Waals surface area (Å²) in [5.41, 5.74) is 3.25. The molecule has 2 heterocycles. The molecule has 21 heavy (non-hydrogen) atoms. The van der Waals surface area contributed by atoms with Crippen LogP contribution in [0, 0.1) is 13.8 Å². The molecule has 1 atom stereocenters. The number of nitrogens with one attached hydrogen (secondary N) is 1. The van der Waals surface area contributed by atoms with Crippen LogP contribution < -0.4 is 5.32 Å². The maximum Gasteiger partial charge on any atom is 0.322 e. The molecule has 1 saturated heterocycles. The number of urea groups is 1. The maximum absolute atomic E-state index is 12.6. The van der Waals surface area contributed by atoms with Crippen molar-refractivity contribution in [3.63, 3.8) is 0 Å². The molecule has 1 aliphatic rings. The molecule has 3 rings (SSSR count). The monoisotopic (exact) mass is 300 g/mol. The third kappa shape index (κ3) is 2.81. The summed E-state index contributed by atoms with van der Waals surface area (Å²) in [4.78, 5) is 15.9. The second-order valence-corrected chi connectivity index (χ2v) is 6.52. The Hall–Kier alpha value is -1.81. The number of carbonyl (C=O) groups is 1. The van der Waals surface area contributed by atoms with Gasteiger partial charge in [0.2, 0.25) is 0 Å². The molecule has 2 amide bonds. The normalized spacial score (nSPS) is 18.0. The number of anilines is 1. The van der Waals surface area contributed by atoms with Crippen LogP contribution >= 0.6 is 11.3 Å². The first-order valence-electron chi connectivity index (χ1n) is 7.34. The summed E-state index contributed by atoms with van der Waals surface area (Å²) in [7, 11) is 0. The highest BCUT2D eigenvalue weighted by atomic mass is 32.1. The Bertz CT molecular complexity index is 636. The molecule has 1 N–H and O–H groups in total. The smallest absolute Gasteiger partial charge is 0.317 e. The van der Waals surface area contributed by atoms with Crippen molar-refractivity contribution in [3.8, 4) is 0 Å². The summed E-state index contributed by atoms with van der Waals surface area (Å²) in [5, 5.41) is 5.15. The van der Waals surface area contributed by atoms with Gasteiger partial charge in [-0.25, -0.2) is 4.79 Å². The number of benzene rings is 1. The van der Waals surface area contributed by atoms with Crippen molar-refractivity contribution in [2.75, 3.05) is 11.9 Å². The first-order valence-corrected chi connectivity index (χ1v) is 8.22. The van der Waals surface area contributed by atoms with Gasteiger partial charge in [-0.2, -0.15) is 0 Å². The van der Waals surface area contributed by atoms with Gasteiger partial charge in [0.25, 0.3) is 0 Å². The number of nitrogens with zero attached hydrogens (tertiary/aromatic N) is 1. The van der Waals surface area contributed by atoms with E-state index in [1.807, 2.05) is 24.0 Å². The number of hydrogen-bond acceptors (Lipinski definition) is 2. The van der Waals surface area contributed by atoms with Crippen molar-refractivity contribution >= 4 is 23.1 Å². The summed E-state index contributed by atoms with van der Waals surface area (Å²) in [5.74, 6) is 0. The summed E-state index contributed by atoms with van der Waals surface area (Å²) in [6.07, 6.45) is 2.13. The predicted octanol–water partition coefficient (Wildman–Crippen LogP) is 4.73. The van der Waals surface area contributed by atoms with Gasteiger partial charge in [0.1, 0.15) is 0 Å². The Kier molecular flexibility index (Phi) is 3.97. The molecule has 0 unspecified atom stereocenters. The minimum Gasteiger partial charge on any atom is -0.317 e. The number of thiophene rings is 1. The van der Waals surface area contributed by atoms with Crippen molar-refractivity contribution in [2.45, 2.75) is 32.7 Å². The molecular formula is C17H20N2OS. The SMILES string of the molecule is Cc1cccc(NC(=O)N2CCC[C@H]2c2cccs2)c1C. The lowest BCUT2D eigenvalue weighted by Gasteiger charge is -2.24. The zero-order valence-corrected chi connectivity index (χ0v) is 13.2. The second kappa shape index (κ2) is 5.90. The largest absolute Gasteiger partial charge is 0.322 e. The average Bonchev–Trinajstić information content (AvgIpc) is 3.13. The number of amides is 2. The quantitative estimate of drug-likeness (QED) is 0.854. The lowest BCUT2D eigenvalue weighted by Crippen LogP contribution is -2.34. The van der Waals surface area contributed by atoms with Gasteiger partial charge in [0.05, 0.1) is 6.04 Å². The fourth-order valence-electron chi connectivity index (χ4n) is 2.86. The van der Waals surface area contributed by atoms with Gasteiger partial charge in [-0.3, -0.25) is 0 Å². The van der Waals surface area contributed by atoms with Gasteiger partial charge in [0.15, 0.2) is 0 Å². The van der Waals surface area contributed by atoms with Crippen LogP contribution in [0.4, 0.5) is 10.5 Å². The summed E-state index contributed by atoms with van der Waals surface area (Å²) < 4.78 is 0. The van der Waals surface area contributed by atoms with E-state index in [0.717, 1.165) is 30.6 Å². The van der Waals surface area contributed by atoms with Crippen LogP contribution in [0.25, 0.3) is 0 Å². The molecular weight excluding hydrogens is 280 g/mol. The van der Waals surface area contributed by atoms with Gasteiger partial charge in [0, 0.05) is 17.1 Å². The van der Waals surface area contributed by atoms with Crippen molar-refractivity contribution in [2.24, 2.45) is 0 Å². The van der Waals surface area contributed by atoms with Gasteiger partial charge < -0.3 is 10.2 Å². The lowest BCUT2D eigenvalue weighted by atomic mass is 10.1. The van der Waals surface area contributed by atoms with Gasteiger partial charge in [-0.1, -0.05) is 18.2 Å². The Morgan fingerprint density at radius 2 is 2.14 bits per heavy atom. The van der Waals surface area contributed by atoms with Crippen LogP contribution in [0.2, 0.25) is 0 Å². The Balaban J connectivity index is 1.77. The fraction of sp³-hybridized carbons (Fsp3) is 0.353. The average molecular weight is 300 g/mol. The molecule has 1 fully saturated rings. The maximum atomic E-state index is 12.6. The first-order chi connectivity index (χ1) is 10.2. The lowest BCUT2D eigenvalue weighted by molar-refractivity contribution is 0.208. The van der Waals surface area contributed by atoms with Crippen LogP contribution in [0.3, 0.4) is 0 Å². The number of carbonyl (C=O) groups excluding carboxylic acids is 1. The minimum absolute atomic E-state index is 0.0135. The number of likely N-dealkylation sites (tertiary alicyclic amines) is 1. The van der Waals surface area contributed by atoms with E-state index in [1.54, 1.807) is 11.3 Å². The van der Waals surface area contributed by atoms with Crippen molar-refractivity contribution in [3.05, 3.63) is 51.7 Å². The molecule has 0 spiro atoms. The topological polar surface area (TPSA) is 32.3 Å². The zero-order valence-electron chi connectivity index (χ0n) is 12.4. The van der Waals surface area contributed by atoms with Crippen LogP contribution in [0.5, 0.6) is 0 Å². The third-order valence-electron chi connectivity index (χ3n) is 4.23. The standard InChI is InChI=1S/C17H20N2OS/c1-12-6-3-7-14(13(12)2)18-17(20)19-10-4-8-15(19)16-9-5-11-21-16/h3,5-7,9,11,15H,4,8,10H2,1-2H3,(H,18,20)/t15-/m0/s1. The minimum atomic E-state index is 0.0135. The molecule has 4 heteroatoms. The van der Waals surface area contributed by atoms with E-state index < -0.39 is 0 Å². The molecule has 2 aromatic rings. The van der Waals surface area contributed by atoms with Crippen LogP contribution in [-0.2, 0) is 0 Å². The van der Waals surface area contributed by atoms with E-state index in [4.69, 9.17) is 0 Å². The molecule has 0 saturated carbocycles. The molecule has 110 valence electrons. The second-order valence-electron chi connectivity index (χ2n) is 5.54. The van der Waals surface area contributed by atoms with Gasteiger partial charge in [-0.05, 0) is 55.3 Å². The molecule has 1 aromatic heterocycles. The Labute approximate surface area is 129 Å². The molecule has 0 aliphatic carbocycles. The highest BCUT2D eigenvalue weighted by Gasteiger charge is 2.30. The van der Waals surface area contributed by atoms with Crippen LogP contribution in [0.1, 0.15) is 34.9 Å². The van der Waals surface area contributed by atoms with E-state index >= 15 is 0 Å². The number of hydrogen-bond donors (Lipinski definition) is 1. The molecule has 1 aliphatic heterocycles. The molecule has 0 radical (unpaired) electrons. The van der Waals surface area contributed by atoms with E-state index in [9.17, 15) is 4.79 Å². The summed E-state index contributed by atoms with van der Waals surface area (Å²) in [6, 6.07) is 10.4. The van der Waals surface area contributed by atoms with Crippen LogP contribution in [-0.4, -0.2) is 17.5 Å². The number of rotatable bonds is 2. The fourth-order valence-corrected chi connectivity index (χ4v) is 3.73. The van der Waals surface area contributed by atoms with Crippen molar-refractivity contribution in [1.82, 2.24) is 4.90 Å². The van der Waals surface area contributed by atoms with E-state index in [1.165, 1.54) is 10.4 Å². The number of aryl methyl sites for hydroxylation is 1. The predicted molar refractivity (Wildman–Crippen MR) is 87.9 cm³/mol.